The van der Waals surface area contributed by atoms with E-state index in [1.54, 1.807) is 24.7 Å². The van der Waals surface area contributed by atoms with E-state index in [0.717, 1.165) is 11.4 Å². The molecule has 0 spiro atoms. The molecule has 0 atom stereocenters. The van der Waals surface area contributed by atoms with E-state index in [1.165, 1.54) is 0 Å². The average Bonchev–Trinajstić information content (AvgIpc) is 2.80. The minimum atomic E-state index is 0.0351. The quantitative estimate of drug-likeness (QED) is 0.837. The van der Waals surface area contributed by atoms with Crippen LogP contribution in [-0.4, -0.2) is 26.2 Å². The van der Waals surface area contributed by atoms with E-state index < -0.39 is 0 Å². The summed E-state index contributed by atoms with van der Waals surface area (Å²) in [5, 5.41) is 8.68. The van der Waals surface area contributed by atoms with Crippen molar-refractivity contribution in [2.45, 2.75) is 6.54 Å². The van der Waals surface area contributed by atoms with E-state index in [0.29, 0.717) is 6.54 Å². The van der Waals surface area contributed by atoms with Gasteiger partial charge in [0, 0.05) is 12.4 Å². The Kier molecular flexibility index (Phi) is 3.46. The number of pyridine rings is 1. The van der Waals surface area contributed by atoms with Gasteiger partial charge >= 0.3 is 0 Å². The van der Waals surface area contributed by atoms with E-state index in [9.17, 15) is 0 Å². The van der Waals surface area contributed by atoms with Crippen molar-refractivity contribution in [3.63, 3.8) is 0 Å². The molecule has 0 fully saturated rings. The van der Waals surface area contributed by atoms with Gasteiger partial charge in [0.15, 0.2) is 0 Å². The number of nitrogens with zero attached hydrogens (tertiary/aromatic N) is 3. The van der Waals surface area contributed by atoms with Crippen molar-refractivity contribution < 1.29 is 5.11 Å². The Morgan fingerprint density at radius 3 is 3.06 bits per heavy atom. The number of rotatable bonds is 4. The summed E-state index contributed by atoms with van der Waals surface area (Å²) in [5.41, 5.74) is 1.82. The Hall–Kier alpha value is -1.94. The summed E-state index contributed by atoms with van der Waals surface area (Å²) in [4.78, 5) is 8.42. The highest BCUT2D eigenvalue weighted by molar-refractivity contribution is 5.44. The molecule has 82 valence electrons. The second-order valence-electron chi connectivity index (χ2n) is 3.37. The third-order valence-corrected chi connectivity index (χ3v) is 2.13. The molecular weight excluding hydrogens is 202 g/mol. The summed E-state index contributed by atoms with van der Waals surface area (Å²) in [6, 6.07) is 5.83. The first-order chi connectivity index (χ1) is 7.88. The van der Waals surface area contributed by atoms with Gasteiger partial charge in [0.25, 0.3) is 0 Å². The monoisotopic (exact) mass is 215 g/mol. The van der Waals surface area contributed by atoms with Gasteiger partial charge in [-0.3, -0.25) is 4.98 Å². The Balaban J connectivity index is 2.13. The van der Waals surface area contributed by atoms with E-state index in [-0.39, 0.29) is 6.61 Å². The lowest BCUT2D eigenvalue weighted by atomic mass is 10.3. The van der Waals surface area contributed by atoms with Crippen LogP contribution >= 0.6 is 0 Å². The summed E-state index contributed by atoms with van der Waals surface area (Å²) in [6.07, 6.45) is 8.88. The molecule has 2 aromatic heterocycles. The first-order valence-corrected chi connectivity index (χ1v) is 5.07. The average molecular weight is 215 g/mol. The molecule has 0 saturated carbocycles. The Labute approximate surface area is 93.9 Å². The Bertz CT molecular complexity index is 463. The number of hydrogen-bond acceptors (Lipinski definition) is 3. The van der Waals surface area contributed by atoms with Gasteiger partial charge < -0.3 is 9.67 Å². The number of imidazole rings is 1. The topological polar surface area (TPSA) is 50.9 Å². The predicted molar refractivity (Wildman–Crippen MR) is 61.7 cm³/mol. The van der Waals surface area contributed by atoms with E-state index in [1.807, 2.05) is 29.0 Å². The summed E-state index contributed by atoms with van der Waals surface area (Å²) in [5.74, 6) is 0. The van der Waals surface area contributed by atoms with Crippen LogP contribution in [0.2, 0.25) is 0 Å². The number of aliphatic hydroxyl groups excluding tert-OH is 1. The molecule has 2 heterocycles. The van der Waals surface area contributed by atoms with Gasteiger partial charge in [-0.05, 0) is 18.2 Å². The normalized spacial score (nSPS) is 11.1. The van der Waals surface area contributed by atoms with Crippen molar-refractivity contribution in [1.82, 2.24) is 14.5 Å². The van der Waals surface area contributed by atoms with Crippen LogP contribution in [0.5, 0.6) is 0 Å². The van der Waals surface area contributed by atoms with Crippen LogP contribution in [0, 0.1) is 0 Å². The molecule has 0 aliphatic carbocycles. The van der Waals surface area contributed by atoms with Crippen molar-refractivity contribution in [3.05, 3.63) is 54.4 Å². The molecule has 4 nitrogen and oxygen atoms in total. The zero-order valence-electron chi connectivity index (χ0n) is 8.82. The van der Waals surface area contributed by atoms with Gasteiger partial charge in [-0.15, -0.1) is 0 Å². The van der Waals surface area contributed by atoms with Crippen LogP contribution in [0.25, 0.3) is 6.08 Å². The predicted octanol–water partition coefficient (Wildman–Crippen LogP) is 1.33. The van der Waals surface area contributed by atoms with Gasteiger partial charge in [0.2, 0.25) is 0 Å². The zero-order chi connectivity index (χ0) is 11.2. The molecule has 16 heavy (non-hydrogen) atoms. The van der Waals surface area contributed by atoms with Gasteiger partial charge in [-0.25, -0.2) is 4.98 Å². The van der Waals surface area contributed by atoms with Crippen LogP contribution in [0.1, 0.15) is 11.4 Å². The molecule has 4 heteroatoms. The van der Waals surface area contributed by atoms with Crippen molar-refractivity contribution in [3.8, 4) is 0 Å². The highest BCUT2D eigenvalue weighted by Crippen LogP contribution is 2.03. The first kappa shape index (κ1) is 10.6. The second kappa shape index (κ2) is 5.23. The summed E-state index contributed by atoms with van der Waals surface area (Å²) in [7, 11) is 0. The lowest BCUT2D eigenvalue weighted by Gasteiger charge is -2.02. The third-order valence-electron chi connectivity index (χ3n) is 2.13. The zero-order valence-corrected chi connectivity index (χ0v) is 8.82. The van der Waals surface area contributed by atoms with Crippen molar-refractivity contribution in [2.24, 2.45) is 0 Å². The van der Waals surface area contributed by atoms with Crippen LogP contribution < -0.4 is 0 Å². The largest absolute Gasteiger partial charge is 0.392 e. The standard InChI is InChI=1S/C12H13N3O/c16-8-2-5-11-3-1-4-12(14-11)9-15-7-6-13-10-15/h1-7,10,16H,8-9H2/b5-2+. The fourth-order valence-electron chi connectivity index (χ4n) is 1.42. The van der Waals surface area contributed by atoms with E-state index >= 15 is 0 Å². The molecule has 0 aliphatic heterocycles. The molecule has 2 aromatic rings. The highest BCUT2D eigenvalue weighted by Gasteiger charge is 1.96. The second-order valence-corrected chi connectivity index (χ2v) is 3.37. The molecule has 0 unspecified atom stereocenters. The fraction of sp³-hybridized carbons (Fsp3) is 0.167. The Morgan fingerprint density at radius 1 is 1.38 bits per heavy atom. The minimum absolute atomic E-state index is 0.0351. The molecular formula is C12H13N3O. The van der Waals surface area contributed by atoms with Gasteiger partial charge in [-0.2, -0.15) is 0 Å². The highest BCUT2D eigenvalue weighted by atomic mass is 16.2. The first-order valence-electron chi connectivity index (χ1n) is 5.07. The van der Waals surface area contributed by atoms with Crippen molar-refractivity contribution in [2.75, 3.05) is 6.61 Å². The molecule has 0 aliphatic rings. The van der Waals surface area contributed by atoms with Crippen LogP contribution in [0.4, 0.5) is 0 Å². The molecule has 2 rings (SSSR count). The van der Waals surface area contributed by atoms with Crippen molar-refractivity contribution in [1.29, 1.82) is 0 Å². The maximum absolute atomic E-state index is 8.68. The lowest BCUT2D eigenvalue weighted by molar-refractivity contribution is 0.343. The third kappa shape index (κ3) is 2.77. The number of aliphatic hydroxyl groups is 1. The Morgan fingerprint density at radius 2 is 2.31 bits per heavy atom. The maximum atomic E-state index is 8.68. The van der Waals surface area contributed by atoms with Crippen molar-refractivity contribution >= 4 is 6.08 Å². The molecule has 0 saturated heterocycles. The molecule has 1 N–H and O–H groups in total. The summed E-state index contributed by atoms with van der Waals surface area (Å²) in [6.45, 7) is 0.744. The smallest absolute Gasteiger partial charge is 0.0949 e. The number of hydrogen-bond donors (Lipinski definition) is 1. The fourth-order valence-corrected chi connectivity index (χ4v) is 1.42. The van der Waals surface area contributed by atoms with Gasteiger partial charge in [0.1, 0.15) is 0 Å². The molecule has 0 amide bonds. The number of aromatic nitrogens is 3. The maximum Gasteiger partial charge on any atom is 0.0949 e. The lowest BCUT2D eigenvalue weighted by Crippen LogP contribution is -1.99. The minimum Gasteiger partial charge on any atom is -0.392 e. The van der Waals surface area contributed by atoms with E-state index in [4.69, 9.17) is 5.11 Å². The molecule has 0 aromatic carbocycles. The van der Waals surface area contributed by atoms with Crippen LogP contribution in [-0.2, 0) is 6.54 Å². The molecule has 0 bridgehead atoms. The van der Waals surface area contributed by atoms with E-state index in [2.05, 4.69) is 9.97 Å². The van der Waals surface area contributed by atoms with Gasteiger partial charge in [0.05, 0.1) is 30.9 Å². The van der Waals surface area contributed by atoms with Crippen LogP contribution in [0.3, 0.4) is 0 Å². The van der Waals surface area contributed by atoms with Crippen LogP contribution in [0.15, 0.2) is 43.0 Å². The molecule has 0 radical (unpaired) electrons. The SMILES string of the molecule is OC/C=C/c1cccc(Cn2ccnc2)n1. The summed E-state index contributed by atoms with van der Waals surface area (Å²) < 4.78 is 1.96. The summed E-state index contributed by atoms with van der Waals surface area (Å²) >= 11 is 0. The van der Waals surface area contributed by atoms with Gasteiger partial charge in [-0.1, -0.05) is 12.1 Å².